The normalized spacial score (nSPS) is 10.5. The van der Waals surface area contributed by atoms with Crippen LogP contribution in [0.3, 0.4) is 0 Å². The van der Waals surface area contributed by atoms with E-state index in [1.54, 1.807) is 35.1 Å². The average Bonchev–Trinajstić information content (AvgIpc) is 3.48. The Morgan fingerprint density at radius 2 is 2.25 bits per heavy atom. The fraction of sp³-hybridized carbons (Fsp3) is 0.111. The molecular formula is C18H13N7O2S. The molecule has 1 aromatic carbocycles. The number of hydrogen-bond donors (Lipinski definition) is 1. The van der Waals surface area contributed by atoms with Crippen LogP contribution in [0.5, 0.6) is 0 Å². The average molecular weight is 391 g/mol. The van der Waals surface area contributed by atoms with Gasteiger partial charge in [-0.3, -0.25) is 4.79 Å². The molecule has 3 heterocycles. The molecule has 0 saturated carbocycles. The third-order valence-corrected chi connectivity index (χ3v) is 4.67. The second-order valence-corrected chi connectivity index (χ2v) is 6.66. The number of thiophene rings is 1. The number of hydrogen-bond acceptors (Lipinski definition) is 8. The van der Waals surface area contributed by atoms with Gasteiger partial charge in [-0.15, -0.1) is 16.4 Å². The number of nitrogens with zero attached hydrogens (tertiary/aromatic N) is 6. The van der Waals surface area contributed by atoms with Gasteiger partial charge in [0.1, 0.15) is 0 Å². The molecule has 0 fully saturated rings. The van der Waals surface area contributed by atoms with Crippen molar-refractivity contribution < 1.29 is 9.32 Å². The fourth-order valence-corrected chi connectivity index (χ4v) is 3.10. The third kappa shape index (κ3) is 3.79. The van der Waals surface area contributed by atoms with Gasteiger partial charge in [0.05, 0.1) is 29.3 Å². The number of benzene rings is 1. The molecule has 0 bridgehead atoms. The van der Waals surface area contributed by atoms with E-state index in [0.29, 0.717) is 35.7 Å². The molecule has 138 valence electrons. The number of carbonyl (C=O) groups is 1. The largest absolute Gasteiger partial charge is 0.350 e. The van der Waals surface area contributed by atoms with E-state index in [2.05, 4.69) is 25.8 Å². The Balaban J connectivity index is 1.35. The molecule has 28 heavy (non-hydrogen) atoms. The first kappa shape index (κ1) is 17.6. The van der Waals surface area contributed by atoms with Crippen molar-refractivity contribution in [3.8, 4) is 28.4 Å². The third-order valence-electron chi connectivity index (χ3n) is 3.81. The van der Waals surface area contributed by atoms with Crippen LogP contribution in [0.4, 0.5) is 0 Å². The quantitative estimate of drug-likeness (QED) is 0.535. The number of nitriles is 1. The smallest absolute Gasteiger partial charge is 0.280 e. The molecule has 4 rings (SSSR count). The summed E-state index contributed by atoms with van der Waals surface area (Å²) in [7, 11) is 0. The molecule has 9 nitrogen and oxygen atoms in total. The lowest BCUT2D eigenvalue weighted by Gasteiger charge is -2.05. The molecule has 0 unspecified atom stereocenters. The van der Waals surface area contributed by atoms with Crippen LogP contribution in [0, 0.1) is 11.3 Å². The highest BCUT2D eigenvalue weighted by molar-refractivity contribution is 7.13. The van der Waals surface area contributed by atoms with Crippen molar-refractivity contribution in [2.75, 3.05) is 6.54 Å². The molecule has 1 amide bonds. The highest BCUT2D eigenvalue weighted by Crippen LogP contribution is 2.24. The Bertz CT molecular complexity index is 1140. The summed E-state index contributed by atoms with van der Waals surface area (Å²) in [6.07, 6.45) is 1.67. The maximum Gasteiger partial charge on any atom is 0.280 e. The van der Waals surface area contributed by atoms with Crippen molar-refractivity contribution in [2.24, 2.45) is 0 Å². The van der Waals surface area contributed by atoms with Gasteiger partial charge in [0, 0.05) is 12.1 Å². The van der Waals surface area contributed by atoms with Crippen molar-refractivity contribution >= 4 is 17.2 Å². The van der Waals surface area contributed by atoms with Crippen molar-refractivity contribution in [1.29, 1.82) is 5.26 Å². The SMILES string of the molecule is N#Cc1cccc(C(=O)NCCn2cc(-c3nc(-c4cccs4)no3)nn2)c1. The van der Waals surface area contributed by atoms with Gasteiger partial charge in [-0.1, -0.05) is 22.5 Å². The van der Waals surface area contributed by atoms with Crippen molar-refractivity contribution in [3.63, 3.8) is 0 Å². The number of nitrogens with one attached hydrogen (secondary N) is 1. The number of rotatable bonds is 6. The second kappa shape index (κ2) is 7.81. The van der Waals surface area contributed by atoms with Crippen LogP contribution in [0.1, 0.15) is 15.9 Å². The molecule has 1 N–H and O–H groups in total. The molecule has 0 aliphatic carbocycles. The Hall–Kier alpha value is -3.84. The zero-order valence-electron chi connectivity index (χ0n) is 14.4. The van der Waals surface area contributed by atoms with Crippen molar-refractivity contribution in [3.05, 3.63) is 59.1 Å². The van der Waals surface area contributed by atoms with E-state index in [4.69, 9.17) is 9.78 Å². The minimum Gasteiger partial charge on any atom is -0.350 e. The lowest BCUT2D eigenvalue weighted by atomic mass is 10.1. The first-order chi connectivity index (χ1) is 13.7. The molecule has 0 atom stereocenters. The van der Waals surface area contributed by atoms with Crippen LogP contribution in [-0.4, -0.2) is 37.6 Å². The summed E-state index contributed by atoms with van der Waals surface area (Å²) < 4.78 is 6.82. The molecule has 0 saturated heterocycles. The van der Waals surface area contributed by atoms with Crippen LogP contribution in [0.25, 0.3) is 22.3 Å². The van der Waals surface area contributed by atoms with E-state index in [9.17, 15) is 4.79 Å². The molecule has 0 radical (unpaired) electrons. The minimum atomic E-state index is -0.255. The Morgan fingerprint density at radius 3 is 3.07 bits per heavy atom. The van der Waals surface area contributed by atoms with Gasteiger partial charge < -0.3 is 9.84 Å². The van der Waals surface area contributed by atoms with E-state index >= 15 is 0 Å². The van der Waals surface area contributed by atoms with E-state index in [0.717, 1.165) is 4.88 Å². The zero-order valence-corrected chi connectivity index (χ0v) is 15.3. The highest BCUT2D eigenvalue weighted by Gasteiger charge is 2.14. The number of amides is 1. The topological polar surface area (TPSA) is 123 Å². The zero-order chi connectivity index (χ0) is 19.3. The molecule has 3 aromatic heterocycles. The summed E-state index contributed by atoms with van der Waals surface area (Å²) in [4.78, 5) is 17.4. The molecular weight excluding hydrogens is 378 g/mol. The summed E-state index contributed by atoms with van der Waals surface area (Å²) in [5.74, 6) is 0.536. The lowest BCUT2D eigenvalue weighted by molar-refractivity contribution is 0.0952. The van der Waals surface area contributed by atoms with Crippen LogP contribution in [0.15, 0.2) is 52.5 Å². The Kier molecular flexibility index (Phi) is 4.90. The molecule has 0 spiro atoms. The maximum atomic E-state index is 12.1. The summed E-state index contributed by atoms with van der Waals surface area (Å²) in [5, 5.41) is 25.6. The van der Waals surface area contributed by atoms with Gasteiger partial charge in [-0.2, -0.15) is 10.2 Å². The van der Waals surface area contributed by atoms with E-state index in [1.807, 2.05) is 23.6 Å². The Morgan fingerprint density at radius 1 is 1.32 bits per heavy atom. The van der Waals surface area contributed by atoms with Gasteiger partial charge >= 0.3 is 0 Å². The van der Waals surface area contributed by atoms with Crippen molar-refractivity contribution in [2.45, 2.75) is 6.54 Å². The molecule has 4 aromatic rings. The van der Waals surface area contributed by atoms with Crippen LogP contribution < -0.4 is 5.32 Å². The molecule has 10 heteroatoms. The van der Waals surface area contributed by atoms with Crippen molar-refractivity contribution in [1.82, 2.24) is 30.5 Å². The van der Waals surface area contributed by atoms with Gasteiger partial charge in [0.25, 0.3) is 11.8 Å². The predicted octanol–water partition coefficient (Wildman–Crippen LogP) is 2.36. The summed E-state index contributed by atoms with van der Waals surface area (Å²) in [6.45, 7) is 0.769. The minimum absolute atomic E-state index is 0.255. The molecule has 0 aliphatic rings. The van der Waals surface area contributed by atoms with Crippen LogP contribution >= 0.6 is 11.3 Å². The second-order valence-electron chi connectivity index (χ2n) is 5.72. The fourth-order valence-electron chi connectivity index (χ4n) is 2.46. The molecule has 0 aliphatic heterocycles. The first-order valence-corrected chi connectivity index (χ1v) is 9.17. The van der Waals surface area contributed by atoms with Gasteiger partial charge in [0.2, 0.25) is 5.82 Å². The lowest BCUT2D eigenvalue weighted by Crippen LogP contribution is -2.27. The number of aromatic nitrogens is 5. The number of carbonyl (C=O) groups excluding carboxylic acids is 1. The highest BCUT2D eigenvalue weighted by atomic mass is 32.1. The van der Waals surface area contributed by atoms with Crippen LogP contribution in [-0.2, 0) is 6.54 Å². The van der Waals surface area contributed by atoms with E-state index in [1.165, 1.54) is 11.3 Å². The Labute approximate surface area is 163 Å². The standard InChI is InChI=1S/C18H13N7O2S/c19-10-12-3-1-4-13(9-12)17(26)20-6-7-25-11-14(22-24-25)18-21-16(23-27-18)15-5-2-8-28-15/h1-5,8-9,11H,6-7H2,(H,20,26). The van der Waals surface area contributed by atoms with Gasteiger partial charge in [-0.25, -0.2) is 4.68 Å². The summed E-state index contributed by atoms with van der Waals surface area (Å²) in [6, 6.07) is 12.4. The van der Waals surface area contributed by atoms with Gasteiger partial charge in [-0.05, 0) is 29.6 Å². The van der Waals surface area contributed by atoms with Gasteiger partial charge in [0.15, 0.2) is 5.69 Å². The monoisotopic (exact) mass is 391 g/mol. The predicted molar refractivity (Wildman–Crippen MR) is 100 cm³/mol. The summed E-state index contributed by atoms with van der Waals surface area (Å²) in [5.41, 5.74) is 1.34. The van der Waals surface area contributed by atoms with E-state index < -0.39 is 0 Å². The first-order valence-electron chi connectivity index (χ1n) is 8.29. The van der Waals surface area contributed by atoms with E-state index in [-0.39, 0.29) is 11.8 Å². The maximum absolute atomic E-state index is 12.1. The van der Waals surface area contributed by atoms with Crippen LogP contribution in [0.2, 0.25) is 0 Å². The summed E-state index contributed by atoms with van der Waals surface area (Å²) >= 11 is 1.52.